The van der Waals surface area contributed by atoms with Gasteiger partial charge in [-0.05, 0) is 34.9 Å². The van der Waals surface area contributed by atoms with E-state index in [9.17, 15) is 0 Å². The minimum absolute atomic E-state index is 1.14. The van der Waals surface area contributed by atoms with Gasteiger partial charge in [0, 0.05) is 47.2 Å². The van der Waals surface area contributed by atoms with Crippen molar-refractivity contribution in [3.8, 4) is 22.3 Å². The largest absolute Gasteiger partial charge is 0.388 e. The maximum atomic E-state index is 3.37. The lowest BCUT2D eigenvalue weighted by Gasteiger charge is -2.16. The molecule has 2 heteroatoms. The minimum Gasteiger partial charge on any atom is -0.388 e. The third-order valence-electron chi connectivity index (χ3n) is 5.62. The van der Waals surface area contributed by atoms with Crippen LogP contribution in [0.25, 0.3) is 44.1 Å². The van der Waals surface area contributed by atoms with Gasteiger partial charge in [-0.3, -0.25) is 0 Å². The third kappa shape index (κ3) is 2.49. The van der Waals surface area contributed by atoms with Gasteiger partial charge < -0.3 is 9.88 Å². The lowest BCUT2D eigenvalue weighted by molar-refractivity contribution is 1.01. The zero-order valence-corrected chi connectivity index (χ0v) is 16.1. The summed E-state index contributed by atoms with van der Waals surface area (Å²) in [7, 11) is 4.13. The van der Waals surface area contributed by atoms with E-state index in [1.165, 1.54) is 44.1 Å². The maximum absolute atomic E-state index is 3.37. The molecule has 0 saturated heterocycles. The van der Waals surface area contributed by atoms with Crippen LogP contribution in [0, 0.1) is 0 Å². The summed E-state index contributed by atoms with van der Waals surface area (Å²) < 4.78 is 2.29. The fraction of sp³-hybridized carbons (Fsp3) is 0.0769. The molecule has 0 atom stereocenters. The van der Waals surface area contributed by atoms with Crippen molar-refractivity contribution >= 4 is 27.5 Å². The van der Waals surface area contributed by atoms with Crippen molar-refractivity contribution in [2.75, 3.05) is 12.4 Å². The van der Waals surface area contributed by atoms with Crippen molar-refractivity contribution < 1.29 is 0 Å². The lowest BCUT2D eigenvalue weighted by atomic mass is 9.92. The number of nitrogens with one attached hydrogen (secondary N) is 1. The molecule has 2 nitrogen and oxygen atoms in total. The average Bonchev–Trinajstić information content (AvgIpc) is 3.05. The number of benzene rings is 4. The van der Waals surface area contributed by atoms with E-state index in [-0.39, 0.29) is 0 Å². The lowest BCUT2D eigenvalue weighted by Crippen LogP contribution is -1.95. The second kappa shape index (κ2) is 6.58. The molecule has 0 radical (unpaired) electrons. The molecule has 136 valence electrons. The van der Waals surface area contributed by atoms with Crippen LogP contribution in [0.15, 0.2) is 91.0 Å². The average molecular weight is 362 g/mol. The molecule has 1 N–H and O–H groups in total. The van der Waals surface area contributed by atoms with Crippen molar-refractivity contribution in [1.29, 1.82) is 0 Å². The van der Waals surface area contributed by atoms with E-state index < -0.39 is 0 Å². The summed E-state index contributed by atoms with van der Waals surface area (Å²) in [6.07, 6.45) is 0. The van der Waals surface area contributed by atoms with Crippen LogP contribution in [0.1, 0.15) is 0 Å². The molecule has 0 aliphatic rings. The maximum Gasteiger partial charge on any atom is 0.0494 e. The molecule has 0 saturated carbocycles. The van der Waals surface area contributed by atoms with E-state index in [4.69, 9.17) is 0 Å². The molecule has 5 rings (SSSR count). The fourth-order valence-electron chi connectivity index (χ4n) is 4.25. The Bertz CT molecular complexity index is 1300. The second-order valence-electron chi connectivity index (χ2n) is 7.15. The monoisotopic (exact) mass is 362 g/mol. The number of aryl methyl sites for hydroxylation is 1. The normalized spacial score (nSPS) is 11.2. The van der Waals surface area contributed by atoms with Crippen molar-refractivity contribution in [3.05, 3.63) is 91.0 Å². The Balaban J connectivity index is 1.79. The quantitative estimate of drug-likeness (QED) is 0.377. The Morgan fingerprint density at radius 2 is 1.39 bits per heavy atom. The summed E-state index contributed by atoms with van der Waals surface area (Å²) in [4.78, 5) is 0. The smallest absolute Gasteiger partial charge is 0.0494 e. The van der Waals surface area contributed by atoms with Crippen molar-refractivity contribution in [3.63, 3.8) is 0 Å². The van der Waals surface area contributed by atoms with Gasteiger partial charge in [-0.2, -0.15) is 0 Å². The van der Waals surface area contributed by atoms with E-state index in [0.29, 0.717) is 0 Å². The number of rotatable bonds is 3. The fourth-order valence-corrected chi connectivity index (χ4v) is 4.25. The van der Waals surface area contributed by atoms with Gasteiger partial charge in [0.25, 0.3) is 0 Å². The molecule has 1 aromatic heterocycles. The van der Waals surface area contributed by atoms with Crippen LogP contribution >= 0.6 is 0 Å². The zero-order valence-electron chi connectivity index (χ0n) is 16.1. The van der Waals surface area contributed by atoms with Crippen LogP contribution in [0.4, 0.5) is 5.69 Å². The summed E-state index contributed by atoms with van der Waals surface area (Å²) in [5, 5.41) is 5.97. The highest BCUT2D eigenvalue weighted by Gasteiger charge is 2.14. The van der Waals surface area contributed by atoms with E-state index in [2.05, 4.69) is 108 Å². The molecule has 0 aliphatic carbocycles. The number of hydrogen-bond acceptors (Lipinski definition) is 1. The molecule has 0 unspecified atom stereocenters. The predicted molar refractivity (Wildman–Crippen MR) is 121 cm³/mol. The SMILES string of the molecule is CNc1cccc(-c2ccc3c4ccccc4n(C)c3c2)c1-c1ccccc1. The Morgan fingerprint density at radius 1 is 0.643 bits per heavy atom. The standard InChI is InChI=1S/C26H22N2/c1-27-23-13-8-12-20(26(23)18-9-4-3-5-10-18)19-15-16-22-21-11-6-7-14-24(21)28(2)25(22)17-19/h3-17,27H,1-2H3. The molecule has 0 amide bonds. The van der Waals surface area contributed by atoms with Gasteiger partial charge in [0.1, 0.15) is 0 Å². The van der Waals surface area contributed by atoms with Gasteiger partial charge in [-0.25, -0.2) is 0 Å². The third-order valence-corrected chi connectivity index (χ3v) is 5.62. The number of aromatic nitrogens is 1. The number of anilines is 1. The number of hydrogen-bond donors (Lipinski definition) is 1. The Hall–Kier alpha value is -3.52. The Morgan fingerprint density at radius 3 is 2.21 bits per heavy atom. The molecule has 0 fully saturated rings. The zero-order chi connectivity index (χ0) is 19.1. The van der Waals surface area contributed by atoms with Crippen molar-refractivity contribution in [2.45, 2.75) is 0 Å². The molecule has 5 aromatic rings. The van der Waals surface area contributed by atoms with Gasteiger partial charge in [0.15, 0.2) is 0 Å². The van der Waals surface area contributed by atoms with Gasteiger partial charge in [-0.1, -0.05) is 72.8 Å². The van der Waals surface area contributed by atoms with Crippen LogP contribution in [-0.4, -0.2) is 11.6 Å². The van der Waals surface area contributed by atoms with E-state index >= 15 is 0 Å². The summed E-state index contributed by atoms with van der Waals surface area (Å²) in [5.74, 6) is 0. The predicted octanol–water partition coefficient (Wildman–Crippen LogP) is 6.71. The van der Waals surface area contributed by atoms with Gasteiger partial charge in [0.05, 0.1) is 0 Å². The molecule has 4 aromatic carbocycles. The molecule has 0 bridgehead atoms. The molecular weight excluding hydrogens is 340 g/mol. The number of para-hydroxylation sites is 1. The number of nitrogens with zero attached hydrogens (tertiary/aromatic N) is 1. The van der Waals surface area contributed by atoms with Crippen LogP contribution in [0.2, 0.25) is 0 Å². The molecular formula is C26H22N2. The molecule has 1 heterocycles. The van der Waals surface area contributed by atoms with Crippen LogP contribution < -0.4 is 5.32 Å². The highest BCUT2D eigenvalue weighted by Crippen LogP contribution is 2.39. The van der Waals surface area contributed by atoms with E-state index in [1.54, 1.807) is 0 Å². The van der Waals surface area contributed by atoms with Crippen LogP contribution in [-0.2, 0) is 7.05 Å². The summed E-state index contributed by atoms with van der Waals surface area (Å²) >= 11 is 0. The molecule has 0 aliphatic heterocycles. The van der Waals surface area contributed by atoms with Gasteiger partial charge in [-0.15, -0.1) is 0 Å². The minimum atomic E-state index is 1.14. The topological polar surface area (TPSA) is 17.0 Å². The second-order valence-corrected chi connectivity index (χ2v) is 7.15. The van der Waals surface area contributed by atoms with Crippen molar-refractivity contribution in [1.82, 2.24) is 4.57 Å². The van der Waals surface area contributed by atoms with Crippen LogP contribution in [0.5, 0.6) is 0 Å². The first-order valence-electron chi connectivity index (χ1n) is 9.61. The highest BCUT2D eigenvalue weighted by atomic mass is 14.9. The van der Waals surface area contributed by atoms with Gasteiger partial charge >= 0.3 is 0 Å². The summed E-state index contributed by atoms with van der Waals surface area (Å²) in [5.41, 5.74) is 8.60. The molecule has 0 spiro atoms. The summed E-state index contributed by atoms with van der Waals surface area (Å²) in [6, 6.07) is 32.5. The first-order valence-corrected chi connectivity index (χ1v) is 9.61. The number of fused-ring (bicyclic) bond motifs is 3. The first-order chi connectivity index (χ1) is 13.8. The molecule has 28 heavy (non-hydrogen) atoms. The Kier molecular flexibility index (Phi) is 3.91. The van der Waals surface area contributed by atoms with E-state index in [1.807, 2.05) is 7.05 Å². The highest BCUT2D eigenvalue weighted by molar-refractivity contribution is 6.09. The first kappa shape index (κ1) is 16.6. The van der Waals surface area contributed by atoms with Crippen molar-refractivity contribution in [2.24, 2.45) is 7.05 Å². The Labute approximate surface area is 165 Å². The van der Waals surface area contributed by atoms with Gasteiger partial charge in [0.2, 0.25) is 0 Å². The summed E-state index contributed by atoms with van der Waals surface area (Å²) in [6.45, 7) is 0. The van der Waals surface area contributed by atoms with Crippen LogP contribution in [0.3, 0.4) is 0 Å². The van der Waals surface area contributed by atoms with E-state index in [0.717, 1.165) is 5.69 Å².